The van der Waals surface area contributed by atoms with Crippen molar-refractivity contribution in [1.82, 2.24) is 4.98 Å². The van der Waals surface area contributed by atoms with Gasteiger partial charge in [0, 0.05) is 30.0 Å². The van der Waals surface area contributed by atoms with E-state index in [1.807, 2.05) is 13.8 Å². The van der Waals surface area contributed by atoms with E-state index in [0.717, 1.165) is 24.9 Å². The third-order valence-electron chi connectivity index (χ3n) is 2.69. The van der Waals surface area contributed by atoms with Gasteiger partial charge >= 0.3 is 0 Å². The van der Waals surface area contributed by atoms with E-state index in [1.54, 1.807) is 24.5 Å². The number of pyridine rings is 1. The monoisotopic (exact) mass is 235 g/mol. The molecule has 1 rings (SSSR count). The lowest BCUT2D eigenvalue weighted by molar-refractivity contribution is -0.119. The Kier molecular flexibility index (Phi) is 5.63. The molecule has 0 aliphatic heterocycles. The van der Waals surface area contributed by atoms with E-state index in [1.165, 1.54) is 0 Å². The molecule has 0 spiro atoms. The van der Waals surface area contributed by atoms with Crippen LogP contribution in [-0.2, 0) is 4.79 Å². The van der Waals surface area contributed by atoms with Gasteiger partial charge in [-0.2, -0.15) is 0 Å². The largest absolute Gasteiger partial charge is 0.328 e. The predicted octanol–water partition coefficient (Wildman–Crippen LogP) is 2.17. The van der Waals surface area contributed by atoms with Crippen LogP contribution in [0.25, 0.3) is 0 Å². The highest BCUT2D eigenvalue weighted by Crippen LogP contribution is 2.12. The van der Waals surface area contributed by atoms with Gasteiger partial charge < -0.3 is 11.1 Å². The first-order valence-electron chi connectivity index (χ1n) is 6.06. The van der Waals surface area contributed by atoms with Crippen molar-refractivity contribution in [2.45, 2.75) is 39.2 Å². The quantitative estimate of drug-likeness (QED) is 0.794. The molecule has 1 amide bonds. The zero-order chi connectivity index (χ0) is 12.7. The van der Waals surface area contributed by atoms with Gasteiger partial charge in [0.05, 0.1) is 0 Å². The van der Waals surface area contributed by atoms with E-state index in [2.05, 4.69) is 10.3 Å². The maximum absolute atomic E-state index is 11.8. The predicted molar refractivity (Wildman–Crippen MR) is 69.5 cm³/mol. The molecule has 0 aliphatic rings. The summed E-state index contributed by atoms with van der Waals surface area (Å²) in [6.07, 6.45) is 6.15. The van der Waals surface area contributed by atoms with E-state index in [-0.39, 0.29) is 17.9 Å². The van der Waals surface area contributed by atoms with Crippen molar-refractivity contribution in [2.75, 3.05) is 5.32 Å². The van der Waals surface area contributed by atoms with E-state index in [9.17, 15) is 4.79 Å². The van der Waals surface area contributed by atoms with Gasteiger partial charge in [-0.05, 0) is 31.9 Å². The Morgan fingerprint density at radius 2 is 2.00 bits per heavy atom. The Bertz CT molecular complexity index is 338. The molecule has 0 saturated carbocycles. The Balaban J connectivity index is 2.32. The van der Waals surface area contributed by atoms with E-state index >= 15 is 0 Å². The van der Waals surface area contributed by atoms with Crippen LogP contribution in [0.2, 0.25) is 0 Å². The standard InChI is InChI=1S/C13H21N3O/c1-10(4-3-5-11(2)14)13(17)16-12-6-8-15-9-7-12/h6-11H,3-5,14H2,1-2H3,(H,15,16,17). The molecule has 1 heterocycles. The summed E-state index contributed by atoms with van der Waals surface area (Å²) in [6, 6.07) is 3.78. The van der Waals surface area contributed by atoms with Gasteiger partial charge in [0.1, 0.15) is 0 Å². The maximum Gasteiger partial charge on any atom is 0.227 e. The number of amides is 1. The van der Waals surface area contributed by atoms with Crippen LogP contribution in [0.1, 0.15) is 33.1 Å². The zero-order valence-corrected chi connectivity index (χ0v) is 10.5. The van der Waals surface area contributed by atoms with E-state index in [4.69, 9.17) is 5.73 Å². The zero-order valence-electron chi connectivity index (χ0n) is 10.5. The van der Waals surface area contributed by atoms with Crippen LogP contribution >= 0.6 is 0 Å². The van der Waals surface area contributed by atoms with Gasteiger partial charge in [-0.1, -0.05) is 13.3 Å². The van der Waals surface area contributed by atoms with Crippen LogP contribution in [0.3, 0.4) is 0 Å². The minimum atomic E-state index is 0.0157. The molecule has 0 fully saturated rings. The molecular formula is C13H21N3O. The van der Waals surface area contributed by atoms with Crippen LogP contribution < -0.4 is 11.1 Å². The highest BCUT2D eigenvalue weighted by atomic mass is 16.1. The minimum Gasteiger partial charge on any atom is -0.328 e. The molecule has 0 aliphatic carbocycles. The fraction of sp³-hybridized carbons (Fsp3) is 0.538. The first-order chi connectivity index (χ1) is 8.09. The van der Waals surface area contributed by atoms with Crippen molar-refractivity contribution in [3.05, 3.63) is 24.5 Å². The van der Waals surface area contributed by atoms with Gasteiger partial charge in [-0.25, -0.2) is 0 Å². The SMILES string of the molecule is CC(N)CCCC(C)C(=O)Nc1ccncc1. The fourth-order valence-electron chi connectivity index (χ4n) is 1.58. The Morgan fingerprint density at radius 1 is 1.35 bits per heavy atom. The Morgan fingerprint density at radius 3 is 2.59 bits per heavy atom. The molecule has 3 N–H and O–H groups in total. The van der Waals surface area contributed by atoms with E-state index < -0.39 is 0 Å². The molecule has 17 heavy (non-hydrogen) atoms. The van der Waals surface area contributed by atoms with Gasteiger partial charge in [0.2, 0.25) is 5.91 Å². The minimum absolute atomic E-state index is 0.0157. The molecule has 94 valence electrons. The van der Waals surface area contributed by atoms with Gasteiger partial charge in [-0.3, -0.25) is 9.78 Å². The van der Waals surface area contributed by atoms with Crippen molar-refractivity contribution in [2.24, 2.45) is 11.7 Å². The first-order valence-corrected chi connectivity index (χ1v) is 6.06. The number of nitrogens with zero attached hydrogens (tertiary/aromatic N) is 1. The van der Waals surface area contributed by atoms with Gasteiger partial charge in [-0.15, -0.1) is 0 Å². The second-order valence-electron chi connectivity index (χ2n) is 4.53. The molecule has 4 heteroatoms. The highest BCUT2D eigenvalue weighted by molar-refractivity contribution is 5.92. The molecule has 2 unspecified atom stereocenters. The number of rotatable bonds is 6. The average molecular weight is 235 g/mol. The summed E-state index contributed by atoms with van der Waals surface area (Å²) < 4.78 is 0. The summed E-state index contributed by atoms with van der Waals surface area (Å²) in [5.41, 5.74) is 6.47. The van der Waals surface area contributed by atoms with Crippen molar-refractivity contribution in [1.29, 1.82) is 0 Å². The van der Waals surface area contributed by atoms with Crippen LogP contribution in [0.5, 0.6) is 0 Å². The number of hydrogen-bond donors (Lipinski definition) is 2. The summed E-state index contributed by atoms with van der Waals surface area (Å²) in [6.45, 7) is 3.93. The topological polar surface area (TPSA) is 68.0 Å². The average Bonchev–Trinajstić information content (AvgIpc) is 2.29. The molecule has 1 aromatic heterocycles. The van der Waals surface area contributed by atoms with Crippen molar-refractivity contribution >= 4 is 11.6 Å². The molecular weight excluding hydrogens is 214 g/mol. The van der Waals surface area contributed by atoms with Crippen LogP contribution in [0.15, 0.2) is 24.5 Å². The summed E-state index contributed by atoms with van der Waals surface area (Å²) in [5, 5.41) is 2.87. The molecule has 0 bridgehead atoms. The smallest absolute Gasteiger partial charge is 0.227 e. The number of nitrogens with one attached hydrogen (secondary N) is 1. The Labute approximate surface area is 103 Å². The molecule has 0 aromatic carbocycles. The normalized spacial score (nSPS) is 14.1. The number of aromatic nitrogens is 1. The van der Waals surface area contributed by atoms with Crippen molar-refractivity contribution in [3.8, 4) is 0 Å². The fourth-order valence-corrected chi connectivity index (χ4v) is 1.58. The number of hydrogen-bond acceptors (Lipinski definition) is 3. The second-order valence-corrected chi connectivity index (χ2v) is 4.53. The highest BCUT2D eigenvalue weighted by Gasteiger charge is 2.12. The van der Waals surface area contributed by atoms with Crippen LogP contribution in [0.4, 0.5) is 5.69 Å². The maximum atomic E-state index is 11.8. The summed E-state index contributed by atoms with van der Waals surface area (Å²) >= 11 is 0. The van der Waals surface area contributed by atoms with E-state index in [0.29, 0.717) is 0 Å². The number of carbonyl (C=O) groups is 1. The number of anilines is 1. The van der Waals surface area contributed by atoms with Crippen LogP contribution in [-0.4, -0.2) is 16.9 Å². The summed E-state index contributed by atoms with van der Waals surface area (Å²) in [7, 11) is 0. The number of carbonyl (C=O) groups excluding carboxylic acids is 1. The third kappa shape index (κ3) is 5.45. The molecule has 0 saturated heterocycles. The first kappa shape index (κ1) is 13.6. The molecule has 4 nitrogen and oxygen atoms in total. The lowest BCUT2D eigenvalue weighted by Gasteiger charge is -2.12. The summed E-state index contributed by atoms with van der Waals surface area (Å²) in [5.74, 6) is 0.0720. The van der Waals surface area contributed by atoms with Gasteiger partial charge in [0.25, 0.3) is 0 Å². The lowest BCUT2D eigenvalue weighted by atomic mass is 10.0. The molecule has 0 radical (unpaired) electrons. The second kappa shape index (κ2) is 7.01. The van der Waals surface area contributed by atoms with Gasteiger partial charge in [0.15, 0.2) is 0 Å². The number of nitrogens with two attached hydrogens (primary N) is 1. The lowest BCUT2D eigenvalue weighted by Crippen LogP contribution is -2.21. The third-order valence-corrected chi connectivity index (χ3v) is 2.69. The molecule has 1 aromatic rings. The van der Waals surface area contributed by atoms with Crippen LogP contribution in [0, 0.1) is 5.92 Å². The van der Waals surface area contributed by atoms with Crippen molar-refractivity contribution in [3.63, 3.8) is 0 Å². The molecule has 2 atom stereocenters. The van der Waals surface area contributed by atoms with Crippen molar-refractivity contribution < 1.29 is 4.79 Å². The Hall–Kier alpha value is -1.42. The summed E-state index contributed by atoms with van der Waals surface area (Å²) in [4.78, 5) is 15.7.